The van der Waals surface area contributed by atoms with Crippen LogP contribution in [0.2, 0.25) is 0 Å². The third-order valence-electron chi connectivity index (χ3n) is 7.35. The van der Waals surface area contributed by atoms with E-state index >= 15 is 4.39 Å². The lowest BCUT2D eigenvalue weighted by Gasteiger charge is -2.46. The van der Waals surface area contributed by atoms with Gasteiger partial charge in [0.25, 0.3) is 0 Å². The summed E-state index contributed by atoms with van der Waals surface area (Å²) in [5.74, 6) is -0.552. The van der Waals surface area contributed by atoms with Crippen molar-refractivity contribution in [1.29, 1.82) is 0 Å². The first-order chi connectivity index (χ1) is 16.3. The van der Waals surface area contributed by atoms with E-state index in [0.717, 1.165) is 29.8 Å². The summed E-state index contributed by atoms with van der Waals surface area (Å²) in [5.41, 5.74) is 1.44. The molecule has 3 aliphatic rings. The van der Waals surface area contributed by atoms with Crippen molar-refractivity contribution in [2.45, 2.75) is 42.2 Å². The van der Waals surface area contributed by atoms with Crippen molar-refractivity contribution in [3.05, 3.63) is 54.5 Å². The molecule has 3 aromatic rings. The van der Waals surface area contributed by atoms with Gasteiger partial charge < -0.3 is 14.6 Å². The number of rotatable bonds is 4. The molecule has 0 atom stereocenters. The fourth-order valence-electron chi connectivity index (χ4n) is 5.15. The highest BCUT2D eigenvalue weighted by Crippen LogP contribution is 2.37. The molecule has 9 heteroatoms. The van der Waals surface area contributed by atoms with Gasteiger partial charge in [-0.25, -0.2) is 12.8 Å². The summed E-state index contributed by atoms with van der Waals surface area (Å²) in [6.07, 6.45) is 4.91. The Labute approximate surface area is 197 Å². The van der Waals surface area contributed by atoms with Gasteiger partial charge in [0, 0.05) is 36.4 Å². The van der Waals surface area contributed by atoms with Crippen molar-refractivity contribution in [1.82, 2.24) is 14.2 Å². The van der Waals surface area contributed by atoms with Gasteiger partial charge in [0.2, 0.25) is 15.9 Å². The number of halogens is 1. The van der Waals surface area contributed by atoms with Gasteiger partial charge in [0.1, 0.15) is 12.4 Å². The molecule has 6 rings (SSSR count). The van der Waals surface area contributed by atoms with Crippen LogP contribution in [0.25, 0.3) is 22.0 Å². The molecule has 2 saturated heterocycles. The van der Waals surface area contributed by atoms with Crippen LogP contribution in [0.15, 0.2) is 53.6 Å². The Kier molecular flexibility index (Phi) is 5.05. The zero-order chi connectivity index (χ0) is 23.5. The van der Waals surface area contributed by atoms with Crippen molar-refractivity contribution in [3.8, 4) is 11.1 Å². The highest BCUT2D eigenvalue weighted by atomic mass is 32.2. The van der Waals surface area contributed by atoms with Crippen molar-refractivity contribution >= 4 is 26.8 Å². The molecule has 1 amide bonds. The highest BCUT2D eigenvalue weighted by Gasteiger charge is 2.47. The van der Waals surface area contributed by atoms with Crippen LogP contribution in [0.4, 0.5) is 4.39 Å². The number of morpholine rings is 1. The second-order valence-corrected chi connectivity index (χ2v) is 11.5. The maximum Gasteiger partial charge on any atom is 0.248 e. The summed E-state index contributed by atoms with van der Waals surface area (Å²) >= 11 is 0. The van der Waals surface area contributed by atoms with E-state index < -0.39 is 21.4 Å². The molecular weight excluding hydrogens is 457 g/mol. The fourth-order valence-corrected chi connectivity index (χ4v) is 6.61. The molecule has 3 heterocycles. The number of nitrogens with zero attached hydrogens (tertiary/aromatic N) is 2. The molecule has 0 bridgehead atoms. The molecule has 1 aromatic heterocycles. The van der Waals surface area contributed by atoms with Crippen LogP contribution in [0.3, 0.4) is 0 Å². The summed E-state index contributed by atoms with van der Waals surface area (Å²) in [6.45, 7) is 1.15. The average molecular weight is 484 g/mol. The quantitative estimate of drug-likeness (QED) is 0.616. The lowest BCUT2D eigenvalue weighted by atomic mass is 9.90. The number of ether oxygens (including phenoxy) is 1. The topological polar surface area (TPSA) is 82.7 Å². The maximum absolute atomic E-state index is 15.1. The van der Waals surface area contributed by atoms with Crippen LogP contribution in [0.1, 0.15) is 25.7 Å². The predicted octanol–water partition coefficient (Wildman–Crippen LogP) is 3.52. The summed E-state index contributed by atoms with van der Waals surface area (Å²) in [6, 6.07) is 11.9. The number of aromatic amines is 1. The largest absolute Gasteiger partial charge is 0.363 e. The van der Waals surface area contributed by atoms with Crippen LogP contribution in [0, 0.1) is 5.82 Å². The maximum atomic E-state index is 15.1. The van der Waals surface area contributed by atoms with Crippen LogP contribution >= 0.6 is 0 Å². The zero-order valence-corrected chi connectivity index (χ0v) is 19.5. The standard InChI is InChI=1S/C25H26FN3O4S/c26-22-14-20(5-6-21(22)18-2-1-17-7-10-27-23(17)13-18)34(31,32)28-11-8-25(9-12-28)16-29(19-3-4-19)24(30)15-33-25/h1-2,5-7,10,13-14,19,27H,3-4,8-9,11-12,15-16H2. The zero-order valence-electron chi connectivity index (χ0n) is 18.7. The molecule has 34 heavy (non-hydrogen) atoms. The first kappa shape index (κ1) is 21.8. The Bertz CT molecular complexity index is 1370. The minimum Gasteiger partial charge on any atom is -0.363 e. The summed E-state index contributed by atoms with van der Waals surface area (Å²) in [5, 5.41) is 1.03. The monoisotopic (exact) mass is 483 g/mol. The summed E-state index contributed by atoms with van der Waals surface area (Å²) < 4.78 is 48.9. The van der Waals surface area contributed by atoms with Crippen molar-refractivity contribution in [2.24, 2.45) is 0 Å². The Morgan fingerprint density at radius 1 is 1.06 bits per heavy atom. The van der Waals surface area contributed by atoms with E-state index in [4.69, 9.17) is 4.74 Å². The molecule has 1 saturated carbocycles. The van der Waals surface area contributed by atoms with Crippen LogP contribution in [0.5, 0.6) is 0 Å². The minimum absolute atomic E-state index is 0.0224. The Balaban J connectivity index is 1.19. The summed E-state index contributed by atoms with van der Waals surface area (Å²) in [4.78, 5) is 17.1. The molecule has 0 unspecified atom stereocenters. The molecule has 178 valence electrons. The third kappa shape index (κ3) is 3.72. The van der Waals surface area contributed by atoms with Crippen molar-refractivity contribution in [3.63, 3.8) is 0 Å². The van der Waals surface area contributed by atoms with E-state index in [1.165, 1.54) is 16.4 Å². The number of hydrogen-bond donors (Lipinski definition) is 1. The van der Waals surface area contributed by atoms with Gasteiger partial charge in [-0.2, -0.15) is 4.31 Å². The van der Waals surface area contributed by atoms with Gasteiger partial charge >= 0.3 is 0 Å². The Morgan fingerprint density at radius 2 is 1.85 bits per heavy atom. The lowest BCUT2D eigenvalue weighted by molar-refractivity contribution is -0.170. The number of H-pyrrole nitrogens is 1. The molecule has 2 aliphatic heterocycles. The molecule has 3 fully saturated rings. The van der Waals surface area contributed by atoms with Crippen LogP contribution in [-0.2, 0) is 19.6 Å². The first-order valence-electron chi connectivity index (χ1n) is 11.7. The van der Waals surface area contributed by atoms with Crippen molar-refractivity contribution < 1.29 is 22.3 Å². The molecule has 0 radical (unpaired) electrons. The van der Waals surface area contributed by atoms with Gasteiger partial charge in [-0.1, -0.05) is 18.2 Å². The average Bonchev–Trinajstić information content (AvgIpc) is 3.57. The number of amides is 1. The minimum atomic E-state index is -3.84. The molecule has 1 spiro atoms. The van der Waals surface area contributed by atoms with Gasteiger partial charge in [-0.05, 0) is 60.9 Å². The number of carbonyl (C=O) groups excluding carboxylic acids is 1. The second kappa shape index (κ2) is 7.90. The number of piperidine rings is 1. The SMILES string of the molecule is O=C1COC2(CCN(S(=O)(=O)c3ccc(-c4ccc5cc[nH]c5c4)c(F)c3)CC2)CN1C1CC1. The van der Waals surface area contributed by atoms with Crippen molar-refractivity contribution in [2.75, 3.05) is 26.2 Å². The van der Waals surface area contributed by atoms with Gasteiger partial charge in [0.05, 0.1) is 17.0 Å². The van der Waals surface area contributed by atoms with Crippen LogP contribution < -0.4 is 0 Å². The Morgan fingerprint density at radius 3 is 2.59 bits per heavy atom. The predicted molar refractivity (Wildman–Crippen MR) is 125 cm³/mol. The van der Waals surface area contributed by atoms with Gasteiger partial charge in [-0.3, -0.25) is 4.79 Å². The fraction of sp³-hybridized carbons (Fsp3) is 0.400. The van der Waals surface area contributed by atoms with E-state index in [2.05, 4.69) is 4.98 Å². The number of sulfonamides is 1. The highest BCUT2D eigenvalue weighted by molar-refractivity contribution is 7.89. The number of benzene rings is 2. The number of nitrogens with one attached hydrogen (secondary N) is 1. The molecular formula is C25H26FN3O4S. The molecule has 1 N–H and O–H groups in total. The first-order valence-corrected chi connectivity index (χ1v) is 13.1. The van der Waals surface area contributed by atoms with E-state index in [9.17, 15) is 13.2 Å². The molecule has 1 aliphatic carbocycles. The van der Waals surface area contributed by atoms with E-state index in [-0.39, 0.29) is 30.5 Å². The molecule has 7 nitrogen and oxygen atoms in total. The second-order valence-electron chi connectivity index (χ2n) is 9.55. The number of fused-ring (bicyclic) bond motifs is 1. The number of hydrogen-bond acceptors (Lipinski definition) is 4. The van der Waals surface area contributed by atoms with Crippen LogP contribution in [-0.4, -0.2) is 66.4 Å². The molecule has 2 aromatic carbocycles. The van der Waals surface area contributed by atoms with E-state index in [1.807, 2.05) is 35.4 Å². The normalized spacial score (nSPS) is 21.4. The van der Waals surface area contributed by atoms with Gasteiger partial charge in [0.15, 0.2) is 0 Å². The lowest BCUT2D eigenvalue weighted by Crippen LogP contribution is -2.59. The van der Waals surface area contributed by atoms with Gasteiger partial charge in [-0.15, -0.1) is 0 Å². The third-order valence-corrected chi connectivity index (χ3v) is 9.24. The number of aromatic nitrogens is 1. The smallest absolute Gasteiger partial charge is 0.248 e. The van der Waals surface area contributed by atoms with E-state index in [0.29, 0.717) is 36.6 Å². The summed E-state index contributed by atoms with van der Waals surface area (Å²) in [7, 11) is -3.84. The van der Waals surface area contributed by atoms with E-state index in [1.54, 1.807) is 0 Å². The number of carbonyl (C=O) groups is 1. The Hall–Kier alpha value is -2.75.